The highest BCUT2D eigenvalue weighted by Crippen LogP contribution is 2.53. The zero-order valence-corrected chi connectivity index (χ0v) is 30.2. The number of hydrogen-bond acceptors (Lipinski definition) is 3. The summed E-state index contributed by atoms with van der Waals surface area (Å²) in [5, 5.41) is 13.7. The lowest BCUT2D eigenvalue weighted by Crippen LogP contribution is -2.18. The van der Waals surface area contributed by atoms with Crippen LogP contribution in [0.4, 0.5) is 0 Å². The van der Waals surface area contributed by atoms with Crippen LogP contribution >= 0.6 is 0 Å². The molecule has 3 N–H and O–H groups in total. The number of aryl methyl sites for hydroxylation is 2. The molecule has 0 aliphatic heterocycles. The van der Waals surface area contributed by atoms with E-state index in [-0.39, 0.29) is 21.8 Å². The lowest BCUT2D eigenvalue weighted by Gasteiger charge is -2.27. The van der Waals surface area contributed by atoms with Gasteiger partial charge in [-0.1, -0.05) is 74.4 Å². The molecule has 0 spiro atoms. The van der Waals surface area contributed by atoms with Crippen LogP contribution in [0.25, 0.3) is 38.5 Å². The molecular formula is C40H50N6O. The van der Waals surface area contributed by atoms with E-state index in [0.717, 1.165) is 51.8 Å². The molecule has 2 atom stereocenters. The Morgan fingerprint density at radius 2 is 1.55 bits per heavy atom. The first-order valence-electron chi connectivity index (χ1n) is 17.1. The van der Waals surface area contributed by atoms with Crippen molar-refractivity contribution in [2.75, 3.05) is 0 Å². The van der Waals surface area contributed by atoms with Crippen molar-refractivity contribution >= 4 is 32.8 Å². The third kappa shape index (κ3) is 5.04. The zero-order valence-electron chi connectivity index (χ0n) is 30.2. The van der Waals surface area contributed by atoms with Crippen LogP contribution in [-0.2, 0) is 22.7 Å². The summed E-state index contributed by atoms with van der Waals surface area (Å²) >= 11 is 0. The molecule has 6 aromatic rings. The summed E-state index contributed by atoms with van der Waals surface area (Å²) in [5.74, 6) is 1.91. The Bertz CT molecular complexity index is 2270. The third-order valence-electron chi connectivity index (χ3n) is 10.3. The lowest BCUT2D eigenvalue weighted by atomic mass is 9.79. The summed E-state index contributed by atoms with van der Waals surface area (Å²) in [5.41, 5.74) is 13.6. The Morgan fingerprint density at radius 3 is 2.21 bits per heavy atom. The third-order valence-corrected chi connectivity index (χ3v) is 10.3. The number of nitrogens with zero attached hydrogens (tertiary/aromatic N) is 3. The Labute approximate surface area is 277 Å². The predicted molar refractivity (Wildman–Crippen MR) is 195 cm³/mol. The first kappa shape index (κ1) is 31.5. The summed E-state index contributed by atoms with van der Waals surface area (Å²) < 4.78 is 2.03. The second-order valence-corrected chi connectivity index (χ2v) is 17.2. The second-order valence-electron chi connectivity index (χ2n) is 17.2. The predicted octanol–water partition coefficient (Wildman–Crippen LogP) is 9.24. The number of benzene rings is 3. The van der Waals surface area contributed by atoms with Gasteiger partial charge in [0.05, 0.1) is 33.1 Å². The molecule has 3 aromatic heterocycles. The number of hydrogen-bond donors (Lipinski definition) is 3. The molecule has 1 saturated carbocycles. The van der Waals surface area contributed by atoms with Gasteiger partial charge in [-0.05, 0) is 107 Å². The quantitative estimate of drug-likeness (QED) is 0.181. The average molecular weight is 631 g/mol. The van der Waals surface area contributed by atoms with Crippen molar-refractivity contribution in [3.8, 4) is 5.69 Å². The molecule has 0 amide bonds. The second kappa shape index (κ2) is 10.2. The van der Waals surface area contributed by atoms with E-state index in [4.69, 9.17) is 10.1 Å². The highest BCUT2D eigenvalue weighted by atomic mass is 16.1. The normalized spacial score (nSPS) is 17.4. The molecule has 47 heavy (non-hydrogen) atoms. The highest BCUT2D eigenvalue weighted by molar-refractivity contribution is 5.92. The summed E-state index contributed by atoms with van der Waals surface area (Å²) in [6.45, 7) is 26.8. The Hall–Kier alpha value is -4.13. The summed E-state index contributed by atoms with van der Waals surface area (Å²) in [7, 11) is 0. The van der Waals surface area contributed by atoms with E-state index < -0.39 is 0 Å². The van der Waals surface area contributed by atoms with Crippen molar-refractivity contribution in [3.63, 3.8) is 0 Å². The fraction of sp³-hybridized carbons (Fsp3) is 0.475. The summed E-state index contributed by atoms with van der Waals surface area (Å²) in [6, 6.07) is 10.7. The maximum atomic E-state index is 13.4. The minimum atomic E-state index is -0.143. The van der Waals surface area contributed by atoms with Crippen LogP contribution in [0.15, 0.2) is 35.1 Å². The van der Waals surface area contributed by atoms with E-state index in [0.29, 0.717) is 11.8 Å². The summed E-state index contributed by atoms with van der Waals surface area (Å²) in [6.07, 6.45) is 2.15. The maximum Gasteiger partial charge on any atom is 0.272 e. The van der Waals surface area contributed by atoms with E-state index in [1.807, 2.05) is 17.7 Å². The molecule has 3 heterocycles. The van der Waals surface area contributed by atoms with E-state index >= 15 is 0 Å². The molecule has 1 fully saturated rings. The minimum absolute atomic E-state index is 0.0104. The molecule has 7 rings (SSSR count). The number of H-pyrrole nitrogens is 3. The van der Waals surface area contributed by atoms with Crippen molar-refractivity contribution in [1.29, 1.82) is 0 Å². The van der Waals surface area contributed by atoms with Crippen molar-refractivity contribution in [3.05, 3.63) is 85.6 Å². The molecule has 7 heteroatoms. The maximum absolute atomic E-state index is 13.4. The van der Waals surface area contributed by atoms with Crippen molar-refractivity contribution < 1.29 is 0 Å². The molecule has 7 nitrogen and oxygen atoms in total. The number of imidazole rings is 1. The Morgan fingerprint density at radius 1 is 0.872 bits per heavy atom. The first-order valence-corrected chi connectivity index (χ1v) is 17.1. The standard InChI is InChI=1S/C40H50N6O/c1-20-13-15-25-36(31(20)38(4,5)6)46(45-37(25)47)29-19-28-30(32(21(29)2)39(7,8)9)34(44-43-28)26-18-24(26)17-23-14-16-27-35(42-22(3)41-27)33(23)40(10,11)12/h13-16,19,24,26H,17-18H2,1-12H3,(H,41,42)(H,43,44)(H,45,47). The number of rotatable bonds is 4. The van der Waals surface area contributed by atoms with Gasteiger partial charge in [0.25, 0.3) is 5.56 Å². The number of aromatic nitrogens is 6. The molecule has 3 aromatic carbocycles. The zero-order chi connectivity index (χ0) is 34.0. The van der Waals surface area contributed by atoms with Crippen LogP contribution in [0.3, 0.4) is 0 Å². The van der Waals surface area contributed by atoms with Gasteiger partial charge in [0, 0.05) is 17.0 Å². The van der Waals surface area contributed by atoms with Crippen molar-refractivity contribution in [2.45, 2.75) is 118 Å². The van der Waals surface area contributed by atoms with Gasteiger partial charge in [0.1, 0.15) is 5.82 Å². The lowest BCUT2D eigenvalue weighted by molar-refractivity contribution is 0.582. The number of aromatic amines is 3. The smallest absolute Gasteiger partial charge is 0.272 e. The SMILES string of the molecule is Cc1nc2c(C(C)(C)C)c(CC3CC3c3[nH]nc4cc(-n5[nH]c(=O)c6ccc(C)c(C(C)(C)C)c65)c(C)c(C(C)(C)C)c34)ccc2[nH]1. The largest absolute Gasteiger partial charge is 0.342 e. The molecule has 0 bridgehead atoms. The summed E-state index contributed by atoms with van der Waals surface area (Å²) in [4.78, 5) is 21.7. The first-order chi connectivity index (χ1) is 21.9. The van der Waals surface area contributed by atoms with E-state index in [9.17, 15) is 4.79 Å². The van der Waals surface area contributed by atoms with E-state index in [2.05, 4.69) is 116 Å². The van der Waals surface area contributed by atoms with E-state index in [1.54, 1.807) is 0 Å². The van der Waals surface area contributed by atoms with Crippen molar-refractivity contribution in [2.24, 2.45) is 5.92 Å². The van der Waals surface area contributed by atoms with Crippen LogP contribution in [-0.4, -0.2) is 29.9 Å². The fourth-order valence-electron chi connectivity index (χ4n) is 8.54. The van der Waals surface area contributed by atoms with Crippen LogP contribution in [0.1, 0.15) is 120 Å². The van der Waals surface area contributed by atoms with Crippen LogP contribution in [0.5, 0.6) is 0 Å². The van der Waals surface area contributed by atoms with E-state index in [1.165, 1.54) is 44.5 Å². The molecule has 0 saturated heterocycles. The number of fused-ring (bicyclic) bond motifs is 3. The fourth-order valence-corrected chi connectivity index (χ4v) is 8.54. The molecule has 1 aliphatic carbocycles. The molecule has 246 valence electrons. The Balaban J connectivity index is 1.35. The van der Waals surface area contributed by atoms with Crippen LogP contribution in [0.2, 0.25) is 0 Å². The monoisotopic (exact) mass is 630 g/mol. The van der Waals surface area contributed by atoms with Gasteiger partial charge >= 0.3 is 0 Å². The average Bonchev–Trinajstić information content (AvgIpc) is 3.23. The molecule has 2 unspecified atom stereocenters. The van der Waals surface area contributed by atoms with Gasteiger partial charge in [-0.15, -0.1) is 0 Å². The van der Waals surface area contributed by atoms with Crippen LogP contribution in [0, 0.1) is 26.7 Å². The minimum Gasteiger partial charge on any atom is -0.342 e. The van der Waals surface area contributed by atoms with Crippen LogP contribution < -0.4 is 5.56 Å². The Kier molecular flexibility index (Phi) is 6.82. The van der Waals surface area contributed by atoms with Gasteiger partial charge in [-0.2, -0.15) is 5.10 Å². The van der Waals surface area contributed by atoms with Gasteiger partial charge in [-0.3, -0.25) is 19.7 Å². The molecular weight excluding hydrogens is 580 g/mol. The molecule has 1 aliphatic rings. The number of nitrogens with one attached hydrogen (secondary N) is 3. The molecule has 0 radical (unpaired) electrons. The van der Waals surface area contributed by atoms with Crippen molar-refractivity contribution in [1.82, 2.24) is 29.9 Å². The van der Waals surface area contributed by atoms with Gasteiger partial charge < -0.3 is 4.98 Å². The van der Waals surface area contributed by atoms with Gasteiger partial charge in [0.15, 0.2) is 0 Å². The van der Waals surface area contributed by atoms with Gasteiger partial charge in [-0.25, -0.2) is 4.98 Å². The topological polar surface area (TPSA) is 95.2 Å². The highest BCUT2D eigenvalue weighted by Gasteiger charge is 2.43. The van der Waals surface area contributed by atoms with Gasteiger partial charge in [0.2, 0.25) is 0 Å².